The average molecular weight is 476 g/mol. The first-order valence-electron chi connectivity index (χ1n) is 11.2. The van der Waals surface area contributed by atoms with Crippen molar-refractivity contribution in [3.05, 3.63) is 100 Å². The summed E-state index contributed by atoms with van der Waals surface area (Å²) in [6.45, 7) is 0.597. The van der Waals surface area contributed by atoms with Crippen molar-refractivity contribution in [2.45, 2.75) is 24.9 Å². The van der Waals surface area contributed by atoms with E-state index in [0.29, 0.717) is 30.0 Å². The van der Waals surface area contributed by atoms with Gasteiger partial charge in [-0.3, -0.25) is 19.7 Å². The molecule has 0 fully saturated rings. The van der Waals surface area contributed by atoms with Gasteiger partial charge in [-0.05, 0) is 36.2 Å². The number of carbonyl (C=O) groups is 2. The topological polar surface area (TPSA) is 122 Å². The summed E-state index contributed by atoms with van der Waals surface area (Å²) in [5, 5.41) is 23.8. The van der Waals surface area contributed by atoms with E-state index in [9.17, 15) is 24.8 Å². The molecule has 0 aliphatic carbocycles. The lowest BCUT2D eigenvalue weighted by Crippen LogP contribution is -2.48. The fourth-order valence-electron chi connectivity index (χ4n) is 4.09. The number of anilines is 1. The van der Waals surface area contributed by atoms with E-state index in [2.05, 4.69) is 5.32 Å². The van der Waals surface area contributed by atoms with Crippen molar-refractivity contribution in [3.63, 3.8) is 0 Å². The number of non-ortho nitro benzene ring substituents is 1. The summed E-state index contributed by atoms with van der Waals surface area (Å²) in [5.74, 6) is -1.28. The van der Waals surface area contributed by atoms with E-state index in [-0.39, 0.29) is 24.7 Å². The van der Waals surface area contributed by atoms with Gasteiger partial charge in [-0.1, -0.05) is 54.6 Å². The number of nitrogens with zero attached hydrogens (tertiary/aromatic N) is 2. The van der Waals surface area contributed by atoms with Crippen molar-refractivity contribution in [3.8, 4) is 5.75 Å². The van der Waals surface area contributed by atoms with Crippen LogP contribution in [0, 0.1) is 10.1 Å². The number of nitrogens with one attached hydrogen (secondary N) is 1. The highest BCUT2D eigenvalue weighted by Crippen LogP contribution is 2.32. The van der Waals surface area contributed by atoms with Crippen LogP contribution in [0.3, 0.4) is 0 Å². The number of rotatable bonds is 9. The average Bonchev–Trinajstić information content (AvgIpc) is 2.99. The summed E-state index contributed by atoms with van der Waals surface area (Å²) in [4.78, 5) is 37.4. The summed E-state index contributed by atoms with van der Waals surface area (Å²) >= 11 is 0. The second-order valence-electron chi connectivity index (χ2n) is 8.22. The van der Waals surface area contributed by atoms with Crippen LogP contribution in [-0.2, 0) is 16.1 Å². The standard InChI is InChI=1S/C26H25N3O6/c30-25-22(27-15-14-21(26(31)32)19-6-2-1-3-7-19)17-35-24-9-5-4-8-23(24)28(25)16-18-10-12-20(13-11-18)29(33)34/h1-13,21-22,27H,14-17H2,(H,31,32)/t21-,22-/m0/s1. The number of carboxylic acid groups (broad SMARTS) is 1. The van der Waals surface area contributed by atoms with Gasteiger partial charge in [0, 0.05) is 12.1 Å². The maximum atomic E-state index is 13.5. The van der Waals surface area contributed by atoms with Crippen LogP contribution in [-0.4, -0.2) is 41.1 Å². The molecule has 0 bridgehead atoms. The first kappa shape index (κ1) is 23.9. The maximum absolute atomic E-state index is 13.5. The predicted molar refractivity (Wildman–Crippen MR) is 129 cm³/mol. The molecule has 2 atom stereocenters. The Balaban J connectivity index is 1.50. The summed E-state index contributed by atoms with van der Waals surface area (Å²) in [7, 11) is 0. The minimum absolute atomic E-state index is 0.0226. The van der Waals surface area contributed by atoms with Crippen molar-refractivity contribution in [1.82, 2.24) is 5.32 Å². The van der Waals surface area contributed by atoms with E-state index < -0.39 is 22.9 Å². The Morgan fingerprint density at radius 2 is 1.77 bits per heavy atom. The van der Waals surface area contributed by atoms with Crippen LogP contribution in [0.2, 0.25) is 0 Å². The summed E-state index contributed by atoms with van der Waals surface area (Å²) in [6.07, 6.45) is 0.304. The van der Waals surface area contributed by atoms with Crippen molar-refractivity contribution >= 4 is 23.3 Å². The molecule has 4 rings (SSSR count). The van der Waals surface area contributed by atoms with Gasteiger partial charge in [-0.15, -0.1) is 0 Å². The maximum Gasteiger partial charge on any atom is 0.311 e. The minimum atomic E-state index is -0.923. The van der Waals surface area contributed by atoms with Crippen LogP contribution in [0.4, 0.5) is 11.4 Å². The number of nitro groups is 1. The molecule has 0 saturated carbocycles. The van der Waals surface area contributed by atoms with Gasteiger partial charge in [0.2, 0.25) is 5.91 Å². The third kappa shape index (κ3) is 5.64. The number of carboxylic acids is 1. The molecule has 0 unspecified atom stereocenters. The van der Waals surface area contributed by atoms with Gasteiger partial charge in [0.15, 0.2) is 0 Å². The van der Waals surface area contributed by atoms with Crippen LogP contribution in [0.1, 0.15) is 23.5 Å². The summed E-state index contributed by atoms with van der Waals surface area (Å²) < 4.78 is 5.91. The van der Waals surface area contributed by atoms with Crippen molar-refractivity contribution in [1.29, 1.82) is 0 Å². The number of carbonyl (C=O) groups excluding carboxylic acids is 1. The second kappa shape index (κ2) is 10.8. The van der Waals surface area contributed by atoms with Gasteiger partial charge in [0.05, 0.1) is 23.1 Å². The quantitative estimate of drug-likeness (QED) is 0.357. The van der Waals surface area contributed by atoms with Crippen LogP contribution < -0.4 is 15.0 Å². The molecule has 0 saturated heterocycles. The van der Waals surface area contributed by atoms with Crippen LogP contribution in [0.5, 0.6) is 5.75 Å². The first-order valence-corrected chi connectivity index (χ1v) is 11.2. The van der Waals surface area contributed by atoms with E-state index in [1.54, 1.807) is 53.4 Å². The SMILES string of the molecule is O=C(O)[C@@H](CCN[C@H]1COc2ccccc2N(Cc2ccc([N+](=O)[O-])cc2)C1=O)c1ccccc1. The lowest BCUT2D eigenvalue weighted by Gasteiger charge is -2.25. The molecule has 0 aromatic heterocycles. The Morgan fingerprint density at radius 1 is 1.09 bits per heavy atom. The molecule has 0 spiro atoms. The lowest BCUT2D eigenvalue weighted by molar-refractivity contribution is -0.384. The van der Waals surface area contributed by atoms with Gasteiger partial charge < -0.3 is 20.1 Å². The fourth-order valence-corrected chi connectivity index (χ4v) is 4.09. The Kier molecular flexibility index (Phi) is 7.37. The molecule has 9 nitrogen and oxygen atoms in total. The molecular weight excluding hydrogens is 450 g/mol. The molecule has 0 radical (unpaired) electrons. The highest BCUT2D eigenvalue weighted by atomic mass is 16.6. The zero-order valence-corrected chi connectivity index (χ0v) is 18.9. The highest BCUT2D eigenvalue weighted by molar-refractivity contribution is 5.99. The molecule has 9 heteroatoms. The van der Waals surface area contributed by atoms with Crippen LogP contribution in [0.15, 0.2) is 78.9 Å². The largest absolute Gasteiger partial charge is 0.489 e. The van der Waals surface area contributed by atoms with Crippen molar-refractivity contribution in [2.75, 3.05) is 18.1 Å². The molecule has 2 N–H and O–H groups in total. The van der Waals surface area contributed by atoms with Crippen LogP contribution in [0.25, 0.3) is 0 Å². The molecule has 1 aliphatic heterocycles. The Hall–Kier alpha value is -4.24. The number of para-hydroxylation sites is 2. The number of amides is 1. The Labute approximate surface area is 202 Å². The third-order valence-corrected chi connectivity index (χ3v) is 5.94. The molecular formula is C26H25N3O6. The molecule has 180 valence electrons. The zero-order chi connectivity index (χ0) is 24.8. The third-order valence-electron chi connectivity index (χ3n) is 5.94. The zero-order valence-electron chi connectivity index (χ0n) is 18.9. The van der Waals surface area contributed by atoms with Gasteiger partial charge in [-0.25, -0.2) is 0 Å². The Morgan fingerprint density at radius 3 is 2.46 bits per heavy atom. The fraction of sp³-hybridized carbons (Fsp3) is 0.231. The molecule has 35 heavy (non-hydrogen) atoms. The highest BCUT2D eigenvalue weighted by Gasteiger charge is 2.32. The number of hydrogen-bond acceptors (Lipinski definition) is 6. The molecule has 1 heterocycles. The predicted octanol–water partition coefficient (Wildman–Crippen LogP) is 3.74. The summed E-state index contributed by atoms with van der Waals surface area (Å²) in [5.41, 5.74) is 2.02. The van der Waals surface area contributed by atoms with E-state index in [0.717, 1.165) is 5.56 Å². The van der Waals surface area contributed by atoms with Crippen molar-refractivity contribution < 1.29 is 24.4 Å². The normalized spacial score (nSPS) is 16.1. The van der Waals surface area contributed by atoms with Gasteiger partial charge in [-0.2, -0.15) is 0 Å². The number of aliphatic carboxylic acids is 1. The van der Waals surface area contributed by atoms with Gasteiger partial charge >= 0.3 is 5.97 Å². The Bertz CT molecular complexity index is 1200. The monoisotopic (exact) mass is 475 g/mol. The lowest BCUT2D eigenvalue weighted by atomic mass is 9.96. The van der Waals surface area contributed by atoms with E-state index in [1.165, 1.54) is 12.1 Å². The number of nitro benzene ring substituents is 1. The van der Waals surface area contributed by atoms with Crippen molar-refractivity contribution in [2.24, 2.45) is 0 Å². The summed E-state index contributed by atoms with van der Waals surface area (Å²) in [6, 6.07) is 21.6. The number of fused-ring (bicyclic) bond motifs is 1. The molecule has 3 aromatic rings. The number of hydrogen-bond donors (Lipinski definition) is 2. The van der Waals surface area contributed by atoms with E-state index in [1.807, 2.05) is 18.2 Å². The van der Waals surface area contributed by atoms with E-state index >= 15 is 0 Å². The number of ether oxygens (including phenoxy) is 1. The first-order chi connectivity index (χ1) is 16.9. The van der Waals surface area contributed by atoms with E-state index in [4.69, 9.17) is 4.74 Å². The second-order valence-corrected chi connectivity index (χ2v) is 8.22. The molecule has 1 aliphatic rings. The van der Waals surface area contributed by atoms with Gasteiger partial charge in [0.1, 0.15) is 18.4 Å². The number of benzene rings is 3. The molecule has 1 amide bonds. The van der Waals surface area contributed by atoms with Gasteiger partial charge in [0.25, 0.3) is 5.69 Å². The molecule has 3 aromatic carbocycles. The van der Waals surface area contributed by atoms with Crippen LogP contribution >= 0.6 is 0 Å². The minimum Gasteiger partial charge on any atom is -0.489 e. The smallest absolute Gasteiger partial charge is 0.311 e.